The molecule has 0 fully saturated rings. The molecule has 0 saturated heterocycles. The van der Waals surface area contributed by atoms with Gasteiger partial charge in [-0.3, -0.25) is 0 Å². The maximum Gasteiger partial charge on any atom is 0.342 e. The van der Waals surface area contributed by atoms with Gasteiger partial charge in [0, 0.05) is 4.88 Å². The summed E-state index contributed by atoms with van der Waals surface area (Å²) in [7, 11) is -3.71. The van der Waals surface area contributed by atoms with Gasteiger partial charge in [-0.05, 0) is 18.4 Å². The van der Waals surface area contributed by atoms with Crippen LogP contribution in [0.4, 0.5) is 0 Å². The van der Waals surface area contributed by atoms with E-state index >= 15 is 0 Å². The zero-order valence-electron chi connectivity index (χ0n) is 8.87. The van der Waals surface area contributed by atoms with Crippen molar-refractivity contribution in [2.45, 2.75) is 13.0 Å². The fourth-order valence-corrected chi connectivity index (χ4v) is 2.37. The summed E-state index contributed by atoms with van der Waals surface area (Å²) in [5.41, 5.74) is 0. The van der Waals surface area contributed by atoms with Gasteiger partial charge in [-0.2, -0.15) is 8.42 Å². The quantitative estimate of drug-likeness (QED) is 0.592. The molecule has 5 nitrogen and oxygen atoms in total. The first-order valence-corrected chi connectivity index (χ1v) is 7.22. The summed E-state index contributed by atoms with van der Waals surface area (Å²) in [6.45, 7) is 1.82. The van der Waals surface area contributed by atoms with E-state index in [-0.39, 0.29) is 6.61 Å². The molecule has 1 rings (SSSR count). The fraction of sp³-hybridized carbons (Fsp3) is 0.444. The Morgan fingerprint density at radius 1 is 1.56 bits per heavy atom. The number of carbonyl (C=O) groups is 1. The molecule has 0 spiro atoms. The molecule has 0 bridgehead atoms. The van der Waals surface area contributed by atoms with Crippen LogP contribution in [-0.2, 0) is 23.8 Å². The number of esters is 1. The number of hydrogen-bond donors (Lipinski definition) is 0. The third-order valence-corrected chi connectivity index (χ3v) is 3.03. The van der Waals surface area contributed by atoms with E-state index in [1.807, 2.05) is 0 Å². The van der Waals surface area contributed by atoms with Gasteiger partial charge in [0.25, 0.3) is 10.1 Å². The smallest absolute Gasteiger partial charge is 0.342 e. The van der Waals surface area contributed by atoms with E-state index < -0.39 is 22.2 Å². The Hall–Kier alpha value is -0.920. The molecule has 0 aromatic carbocycles. The van der Waals surface area contributed by atoms with Gasteiger partial charge < -0.3 is 4.74 Å². The van der Waals surface area contributed by atoms with E-state index in [2.05, 4.69) is 0 Å². The van der Waals surface area contributed by atoms with Crippen LogP contribution in [0.25, 0.3) is 0 Å². The lowest BCUT2D eigenvalue weighted by Gasteiger charge is -2.12. The van der Waals surface area contributed by atoms with E-state index in [9.17, 15) is 13.2 Å². The van der Waals surface area contributed by atoms with Gasteiger partial charge in [-0.15, -0.1) is 11.3 Å². The molecule has 0 unspecified atom stereocenters. The normalized spacial score (nSPS) is 13.4. The van der Waals surface area contributed by atoms with Crippen LogP contribution in [0.2, 0.25) is 0 Å². The third-order valence-electron chi connectivity index (χ3n) is 1.57. The van der Waals surface area contributed by atoms with Crippen molar-refractivity contribution in [3.63, 3.8) is 0 Å². The summed E-state index contributed by atoms with van der Waals surface area (Å²) in [6, 6.07) is 3.33. The highest BCUT2D eigenvalue weighted by Crippen LogP contribution is 2.25. The number of ether oxygens (including phenoxy) is 1. The molecule has 0 amide bonds. The molecule has 0 saturated carbocycles. The minimum Gasteiger partial charge on any atom is -0.464 e. The molecule has 0 N–H and O–H groups in total. The van der Waals surface area contributed by atoms with E-state index in [0.717, 1.165) is 6.26 Å². The zero-order valence-corrected chi connectivity index (χ0v) is 10.5. The van der Waals surface area contributed by atoms with Crippen LogP contribution in [-0.4, -0.2) is 27.2 Å². The minimum absolute atomic E-state index is 0.174. The maximum atomic E-state index is 11.5. The molecular weight excluding hydrogens is 252 g/mol. The largest absolute Gasteiger partial charge is 0.464 e. The van der Waals surface area contributed by atoms with Gasteiger partial charge in [0.2, 0.25) is 6.10 Å². The number of rotatable bonds is 5. The molecule has 1 heterocycles. The van der Waals surface area contributed by atoms with Gasteiger partial charge >= 0.3 is 5.97 Å². The molecule has 0 aliphatic carbocycles. The molecule has 0 aliphatic rings. The maximum absolute atomic E-state index is 11.5. The Morgan fingerprint density at radius 3 is 2.69 bits per heavy atom. The van der Waals surface area contributed by atoms with Gasteiger partial charge in [-0.25, -0.2) is 8.98 Å². The predicted octanol–water partition coefficient (Wildman–Crippen LogP) is 1.33. The van der Waals surface area contributed by atoms with Crippen molar-refractivity contribution in [3.8, 4) is 0 Å². The van der Waals surface area contributed by atoms with Gasteiger partial charge in [0.15, 0.2) is 0 Å². The molecule has 1 aromatic heterocycles. The first kappa shape index (κ1) is 13.1. The van der Waals surface area contributed by atoms with Crippen molar-refractivity contribution >= 4 is 27.4 Å². The standard InChI is InChI=1S/C9H12O5S2/c1-3-13-9(10)8(14-16(2,11)12)7-5-4-6-15-7/h4-6,8H,3H2,1-2H3/t8-/m1/s1. The number of thiophene rings is 1. The highest BCUT2D eigenvalue weighted by Gasteiger charge is 2.27. The fourth-order valence-electron chi connectivity index (χ4n) is 1.04. The summed E-state index contributed by atoms with van der Waals surface area (Å²) in [6.07, 6.45) is -0.303. The molecule has 16 heavy (non-hydrogen) atoms. The summed E-state index contributed by atoms with van der Waals surface area (Å²) in [5, 5.41) is 1.73. The van der Waals surface area contributed by atoms with Gasteiger partial charge in [0.1, 0.15) is 0 Å². The Bertz CT molecular complexity index is 434. The SMILES string of the molecule is CCOC(=O)[C@H](OS(C)(=O)=O)c1cccs1. The van der Waals surface area contributed by atoms with Crippen molar-refractivity contribution in [2.24, 2.45) is 0 Å². The Morgan fingerprint density at radius 2 is 2.25 bits per heavy atom. The van der Waals surface area contributed by atoms with Gasteiger partial charge in [0.05, 0.1) is 12.9 Å². The predicted molar refractivity (Wildman–Crippen MR) is 59.6 cm³/mol. The van der Waals surface area contributed by atoms with E-state index in [4.69, 9.17) is 8.92 Å². The molecule has 0 aliphatic heterocycles. The summed E-state index contributed by atoms with van der Waals surface area (Å²) in [5.74, 6) is -0.699. The molecule has 0 radical (unpaired) electrons. The first-order chi connectivity index (χ1) is 7.44. The van der Waals surface area contributed by atoms with Crippen LogP contribution in [0.15, 0.2) is 17.5 Å². The van der Waals surface area contributed by atoms with E-state index in [1.165, 1.54) is 11.3 Å². The third kappa shape index (κ3) is 3.92. The average Bonchev–Trinajstić information content (AvgIpc) is 2.65. The highest BCUT2D eigenvalue weighted by molar-refractivity contribution is 7.86. The summed E-state index contributed by atoms with van der Waals surface area (Å²) >= 11 is 1.24. The second-order valence-electron chi connectivity index (χ2n) is 2.95. The van der Waals surface area contributed by atoms with Crippen molar-refractivity contribution in [1.29, 1.82) is 0 Å². The minimum atomic E-state index is -3.71. The second-order valence-corrected chi connectivity index (χ2v) is 5.53. The molecule has 90 valence electrons. The van der Waals surface area contributed by atoms with Crippen LogP contribution in [0.5, 0.6) is 0 Å². The number of carbonyl (C=O) groups excluding carboxylic acids is 1. The van der Waals surface area contributed by atoms with Crippen LogP contribution >= 0.6 is 11.3 Å². The molecular formula is C9H12O5S2. The van der Waals surface area contributed by atoms with Crippen LogP contribution in [0, 0.1) is 0 Å². The van der Waals surface area contributed by atoms with E-state index in [1.54, 1.807) is 24.4 Å². The topological polar surface area (TPSA) is 69.7 Å². The highest BCUT2D eigenvalue weighted by atomic mass is 32.2. The second kappa shape index (κ2) is 5.42. The van der Waals surface area contributed by atoms with Crippen LogP contribution in [0.1, 0.15) is 17.9 Å². The lowest BCUT2D eigenvalue weighted by Crippen LogP contribution is -2.20. The van der Waals surface area contributed by atoms with Crippen molar-refractivity contribution in [3.05, 3.63) is 22.4 Å². The lowest BCUT2D eigenvalue weighted by atomic mass is 10.3. The van der Waals surface area contributed by atoms with E-state index in [0.29, 0.717) is 4.88 Å². The Balaban J connectivity index is 2.90. The summed E-state index contributed by atoms with van der Waals surface area (Å²) < 4.78 is 31.5. The lowest BCUT2D eigenvalue weighted by molar-refractivity contribution is -0.151. The van der Waals surface area contributed by atoms with Crippen LogP contribution < -0.4 is 0 Å². The van der Waals surface area contributed by atoms with Crippen molar-refractivity contribution < 1.29 is 22.1 Å². The first-order valence-electron chi connectivity index (χ1n) is 4.52. The summed E-state index contributed by atoms with van der Waals surface area (Å²) in [4.78, 5) is 12.0. The zero-order chi connectivity index (χ0) is 12.2. The van der Waals surface area contributed by atoms with Gasteiger partial charge in [-0.1, -0.05) is 6.07 Å². The Labute approximate surface area is 98.1 Å². The average molecular weight is 264 g/mol. The van der Waals surface area contributed by atoms with Crippen molar-refractivity contribution in [1.82, 2.24) is 0 Å². The molecule has 1 atom stereocenters. The number of hydrogen-bond acceptors (Lipinski definition) is 6. The molecule has 7 heteroatoms. The monoisotopic (exact) mass is 264 g/mol. The molecule has 1 aromatic rings. The van der Waals surface area contributed by atoms with Crippen LogP contribution in [0.3, 0.4) is 0 Å². The van der Waals surface area contributed by atoms with Crippen molar-refractivity contribution in [2.75, 3.05) is 12.9 Å². The Kier molecular flexibility index (Phi) is 4.45.